The fraction of sp³-hybridized carbons (Fsp3) is 1.00. The lowest BCUT2D eigenvalue weighted by Gasteiger charge is -2.35. The Labute approximate surface area is 137 Å². The normalized spacial score (nSPS) is 15.9. The third-order valence-electron chi connectivity index (χ3n) is 5.48. The van der Waals surface area contributed by atoms with Crippen LogP contribution in [0.25, 0.3) is 0 Å². The van der Waals surface area contributed by atoms with Crippen molar-refractivity contribution in [3.63, 3.8) is 0 Å². The van der Waals surface area contributed by atoms with E-state index in [4.69, 9.17) is 0 Å². The maximum absolute atomic E-state index is 2.50. The first-order valence-electron chi connectivity index (χ1n) is 9.87. The third kappa shape index (κ3) is 11.2. The monoisotopic (exact) mass is 298 g/mol. The lowest BCUT2D eigenvalue weighted by molar-refractivity contribution is 0.153. The van der Waals surface area contributed by atoms with E-state index in [2.05, 4.69) is 48.5 Å². The highest BCUT2D eigenvalue weighted by molar-refractivity contribution is 4.79. The van der Waals surface area contributed by atoms with Crippen molar-refractivity contribution in [2.75, 3.05) is 0 Å². The Balaban J connectivity index is 0. The van der Waals surface area contributed by atoms with Crippen LogP contribution in [0.3, 0.4) is 0 Å². The summed E-state index contributed by atoms with van der Waals surface area (Å²) >= 11 is 0. The topological polar surface area (TPSA) is 0 Å². The molecule has 0 nitrogen and oxygen atoms in total. The van der Waals surface area contributed by atoms with Crippen LogP contribution in [0.5, 0.6) is 0 Å². The van der Waals surface area contributed by atoms with Gasteiger partial charge in [-0.2, -0.15) is 0 Å². The lowest BCUT2D eigenvalue weighted by atomic mass is 9.70. The number of unbranched alkanes of at least 4 members (excludes halogenated alkanes) is 1. The molecule has 0 aromatic rings. The predicted molar refractivity (Wildman–Crippen MR) is 101 cm³/mol. The summed E-state index contributed by atoms with van der Waals surface area (Å²) in [6.07, 6.45) is 11.1. The zero-order valence-corrected chi connectivity index (χ0v) is 16.9. The minimum atomic E-state index is 0.519. The molecule has 130 valence electrons. The van der Waals surface area contributed by atoms with Gasteiger partial charge in [-0.1, -0.05) is 107 Å². The highest BCUT2D eigenvalue weighted by atomic mass is 14.3. The van der Waals surface area contributed by atoms with Gasteiger partial charge in [-0.3, -0.25) is 0 Å². The summed E-state index contributed by atoms with van der Waals surface area (Å²) in [4.78, 5) is 0. The first-order chi connectivity index (χ1) is 9.87. The molecule has 0 saturated carbocycles. The van der Waals surface area contributed by atoms with Crippen LogP contribution >= 0.6 is 0 Å². The van der Waals surface area contributed by atoms with Crippen molar-refractivity contribution in [3.05, 3.63) is 0 Å². The molecule has 3 atom stereocenters. The average molecular weight is 299 g/mol. The van der Waals surface area contributed by atoms with E-state index in [0.29, 0.717) is 5.41 Å². The maximum Gasteiger partial charge on any atom is -0.0326 e. The Morgan fingerprint density at radius 3 is 1.81 bits per heavy atom. The Bertz CT molecular complexity index is 204. The molecule has 0 aliphatic rings. The van der Waals surface area contributed by atoms with Gasteiger partial charge in [-0.25, -0.2) is 0 Å². The Hall–Kier alpha value is 0. The van der Waals surface area contributed by atoms with Crippen LogP contribution in [-0.2, 0) is 0 Å². The third-order valence-corrected chi connectivity index (χ3v) is 5.48. The molecular weight excluding hydrogens is 252 g/mol. The van der Waals surface area contributed by atoms with Crippen LogP contribution < -0.4 is 0 Å². The molecule has 21 heavy (non-hydrogen) atoms. The molecule has 0 aromatic heterocycles. The standard InChI is InChI=1S/C19H40.C2H6/c1-8-11-12-17(5)19(6,7)15-18(10-3)14-13-16(4)9-2;1-2/h16-18H,8-15H2,1-7H3;1-2H3. The molecule has 0 N–H and O–H groups in total. The Morgan fingerprint density at radius 1 is 0.810 bits per heavy atom. The van der Waals surface area contributed by atoms with E-state index in [-0.39, 0.29) is 0 Å². The van der Waals surface area contributed by atoms with Crippen molar-refractivity contribution < 1.29 is 0 Å². The van der Waals surface area contributed by atoms with Gasteiger partial charge in [0.1, 0.15) is 0 Å². The number of rotatable bonds is 11. The van der Waals surface area contributed by atoms with E-state index >= 15 is 0 Å². The number of hydrogen-bond acceptors (Lipinski definition) is 0. The first-order valence-corrected chi connectivity index (χ1v) is 9.87. The summed E-state index contributed by atoms with van der Waals surface area (Å²) in [6.45, 7) is 20.9. The van der Waals surface area contributed by atoms with Crippen molar-refractivity contribution in [2.45, 2.75) is 114 Å². The van der Waals surface area contributed by atoms with E-state index in [9.17, 15) is 0 Å². The summed E-state index contributed by atoms with van der Waals surface area (Å²) in [5.74, 6) is 2.72. The van der Waals surface area contributed by atoms with Gasteiger partial charge in [0.15, 0.2) is 0 Å². The van der Waals surface area contributed by atoms with E-state index in [1.54, 1.807) is 0 Å². The molecule has 0 heterocycles. The van der Waals surface area contributed by atoms with Crippen molar-refractivity contribution in [2.24, 2.45) is 23.2 Å². The molecule has 0 amide bonds. The summed E-state index contributed by atoms with van der Waals surface area (Å²) < 4.78 is 0. The molecule has 0 aliphatic heterocycles. The van der Waals surface area contributed by atoms with E-state index in [0.717, 1.165) is 17.8 Å². The predicted octanol–water partition coefficient (Wildman–Crippen LogP) is 8.11. The van der Waals surface area contributed by atoms with Gasteiger partial charge >= 0.3 is 0 Å². The molecule has 3 unspecified atom stereocenters. The van der Waals surface area contributed by atoms with Crippen LogP contribution in [0, 0.1) is 23.2 Å². The largest absolute Gasteiger partial charge is 0.0683 e. The minimum absolute atomic E-state index is 0.519. The van der Waals surface area contributed by atoms with E-state index in [1.165, 1.54) is 51.4 Å². The van der Waals surface area contributed by atoms with Crippen LogP contribution in [0.2, 0.25) is 0 Å². The highest BCUT2D eigenvalue weighted by Crippen LogP contribution is 2.39. The van der Waals surface area contributed by atoms with Crippen molar-refractivity contribution in [1.82, 2.24) is 0 Å². The minimum Gasteiger partial charge on any atom is -0.0683 e. The maximum atomic E-state index is 2.50. The van der Waals surface area contributed by atoms with Crippen LogP contribution in [0.1, 0.15) is 114 Å². The molecule has 0 heteroatoms. The zero-order chi connectivity index (χ0) is 16.9. The summed E-state index contributed by atoms with van der Waals surface area (Å²) in [5, 5.41) is 0. The van der Waals surface area contributed by atoms with E-state index in [1.807, 2.05) is 13.8 Å². The van der Waals surface area contributed by atoms with Gasteiger partial charge in [0.2, 0.25) is 0 Å². The SMILES string of the molecule is CC.CCCCC(C)C(C)(C)CC(CC)CCC(C)CC. The molecule has 0 bridgehead atoms. The Kier molecular flexibility index (Phi) is 15.1. The first kappa shape index (κ1) is 23.3. The Morgan fingerprint density at radius 2 is 1.38 bits per heavy atom. The second kappa shape index (κ2) is 13.6. The summed E-state index contributed by atoms with van der Waals surface area (Å²) in [6, 6.07) is 0. The molecule has 0 aliphatic carbocycles. The second-order valence-electron chi connectivity index (χ2n) is 7.60. The molecule has 0 spiro atoms. The molecule has 0 rings (SSSR count). The fourth-order valence-electron chi connectivity index (χ4n) is 3.02. The molecule has 0 fully saturated rings. The lowest BCUT2D eigenvalue weighted by Crippen LogP contribution is -2.25. The average Bonchev–Trinajstić information content (AvgIpc) is 2.50. The second-order valence-corrected chi connectivity index (χ2v) is 7.60. The van der Waals surface area contributed by atoms with Crippen LogP contribution in [0.15, 0.2) is 0 Å². The molecule has 0 radical (unpaired) electrons. The highest BCUT2D eigenvalue weighted by Gasteiger charge is 2.28. The van der Waals surface area contributed by atoms with Crippen molar-refractivity contribution in [3.8, 4) is 0 Å². The zero-order valence-electron chi connectivity index (χ0n) is 16.9. The van der Waals surface area contributed by atoms with Crippen molar-refractivity contribution in [1.29, 1.82) is 0 Å². The van der Waals surface area contributed by atoms with Gasteiger partial charge in [0.25, 0.3) is 0 Å². The number of hydrogen-bond donors (Lipinski definition) is 0. The summed E-state index contributed by atoms with van der Waals surface area (Å²) in [7, 11) is 0. The molecule has 0 aromatic carbocycles. The molecular formula is C21H46. The molecule has 0 saturated heterocycles. The van der Waals surface area contributed by atoms with E-state index < -0.39 is 0 Å². The van der Waals surface area contributed by atoms with Crippen LogP contribution in [-0.4, -0.2) is 0 Å². The van der Waals surface area contributed by atoms with Gasteiger partial charge in [-0.05, 0) is 29.6 Å². The summed E-state index contributed by atoms with van der Waals surface area (Å²) in [5.41, 5.74) is 0.519. The smallest absolute Gasteiger partial charge is 0.0326 e. The van der Waals surface area contributed by atoms with Gasteiger partial charge in [0, 0.05) is 0 Å². The van der Waals surface area contributed by atoms with Gasteiger partial charge in [-0.15, -0.1) is 0 Å². The quantitative estimate of drug-likeness (QED) is 0.361. The van der Waals surface area contributed by atoms with Gasteiger partial charge in [0.05, 0.1) is 0 Å². The fourth-order valence-corrected chi connectivity index (χ4v) is 3.02. The van der Waals surface area contributed by atoms with Crippen molar-refractivity contribution >= 4 is 0 Å². The van der Waals surface area contributed by atoms with Gasteiger partial charge < -0.3 is 0 Å². The van der Waals surface area contributed by atoms with Crippen LogP contribution in [0.4, 0.5) is 0 Å².